The molecule has 0 aliphatic heterocycles. The smallest absolute Gasteiger partial charge is 0.154 e. The van der Waals surface area contributed by atoms with Crippen LogP contribution in [0.15, 0.2) is 29.6 Å². The molecule has 0 spiro atoms. The summed E-state index contributed by atoms with van der Waals surface area (Å²) in [6, 6.07) is 4.03. The number of hydrogen-bond acceptors (Lipinski definition) is 4. The second-order valence-corrected chi connectivity index (χ2v) is 4.75. The van der Waals surface area contributed by atoms with Gasteiger partial charge in [0.25, 0.3) is 0 Å². The molecule has 0 amide bonds. The Kier molecular flexibility index (Phi) is 4.00. The third-order valence-corrected chi connectivity index (χ3v) is 3.38. The Morgan fingerprint density at radius 3 is 2.94 bits per heavy atom. The van der Waals surface area contributed by atoms with Crippen LogP contribution in [0, 0.1) is 11.3 Å². The van der Waals surface area contributed by atoms with Gasteiger partial charge in [0.1, 0.15) is 6.07 Å². The van der Waals surface area contributed by atoms with Gasteiger partial charge in [-0.05, 0) is 24.3 Å². The van der Waals surface area contributed by atoms with Crippen LogP contribution in [0.1, 0.15) is 24.5 Å². The first-order valence-electron chi connectivity index (χ1n) is 5.76. The second-order valence-electron chi connectivity index (χ2n) is 3.90. The molecule has 0 aliphatic rings. The monoisotopic (exact) mass is 258 g/mol. The first kappa shape index (κ1) is 12.7. The molecule has 2 aromatic rings. The van der Waals surface area contributed by atoms with Crippen molar-refractivity contribution < 1.29 is 0 Å². The Bertz CT molecular complexity index is 583. The van der Waals surface area contributed by atoms with E-state index in [1.807, 2.05) is 24.7 Å². The van der Waals surface area contributed by atoms with Gasteiger partial charge in [0.05, 0.1) is 11.8 Å². The predicted molar refractivity (Wildman–Crippen MR) is 71.9 cm³/mol. The minimum absolute atomic E-state index is 0.604. The largest absolute Gasteiger partial charge is 0.236 e. The van der Waals surface area contributed by atoms with Gasteiger partial charge in [-0.25, -0.2) is 9.67 Å². The van der Waals surface area contributed by atoms with Gasteiger partial charge in [-0.2, -0.15) is 10.4 Å². The summed E-state index contributed by atoms with van der Waals surface area (Å²) in [6.07, 6.45) is 9.52. The van der Waals surface area contributed by atoms with E-state index in [-0.39, 0.29) is 0 Å². The molecule has 0 bridgehead atoms. The molecule has 0 fully saturated rings. The molecule has 2 heterocycles. The molecule has 18 heavy (non-hydrogen) atoms. The fourth-order valence-electron chi connectivity index (χ4n) is 1.71. The standard InChI is InChI=1S/C13H14N4S/c1-3-4-10-7-16-17(9-10)13-5-12(18-2)11(6-14)8-15-13/h5,7-9H,3-4H2,1-2H3. The molecule has 2 aromatic heterocycles. The maximum Gasteiger partial charge on any atom is 0.154 e. The number of rotatable bonds is 4. The number of nitriles is 1. The first-order chi connectivity index (χ1) is 8.78. The fourth-order valence-corrected chi connectivity index (χ4v) is 2.25. The average Bonchev–Trinajstić information content (AvgIpc) is 2.87. The maximum atomic E-state index is 8.96. The summed E-state index contributed by atoms with van der Waals surface area (Å²) in [6.45, 7) is 2.14. The zero-order valence-electron chi connectivity index (χ0n) is 10.4. The Hall–Kier alpha value is -1.80. The number of nitrogens with zero attached hydrogens (tertiary/aromatic N) is 4. The highest BCUT2D eigenvalue weighted by atomic mass is 32.2. The third-order valence-electron chi connectivity index (χ3n) is 2.60. The van der Waals surface area contributed by atoms with E-state index in [0.717, 1.165) is 23.6 Å². The van der Waals surface area contributed by atoms with Gasteiger partial charge in [0, 0.05) is 17.3 Å². The lowest BCUT2D eigenvalue weighted by molar-refractivity contribution is 0.839. The van der Waals surface area contributed by atoms with E-state index in [1.165, 1.54) is 5.56 Å². The first-order valence-corrected chi connectivity index (χ1v) is 6.99. The minimum Gasteiger partial charge on any atom is -0.236 e. The summed E-state index contributed by atoms with van der Waals surface area (Å²) in [7, 11) is 0. The molecule has 2 rings (SSSR count). The lowest BCUT2D eigenvalue weighted by atomic mass is 10.2. The summed E-state index contributed by atoms with van der Waals surface area (Å²) in [5.74, 6) is 0.751. The summed E-state index contributed by atoms with van der Waals surface area (Å²) < 4.78 is 1.76. The SMILES string of the molecule is CCCc1cnn(-c2cc(SC)c(C#N)cn2)c1. The average molecular weight is 258 g/mol. The van der Waals surface area contributed by atoms with Gasteiger partial charge in [0.2, 0.25) is 0 Å². The molecule has 0 atom stereocenters. The number of hydrogen-bond donors (Lipinski definition) is 0. The van der Waals surface area contributed by atoms with Gasteiger partial charge in [0.15, 0.2) is 5.82 Å². The van der Waals surface area contributed by atoms with Crippen molar-refractivity contribution in [2.45, 2.75) is 24.7 Å². The molecule has 0 saturated heterocycles. The summed E-state index contributed by atoms with van der Waals surface area (Å²) in [5, 5.41) is 13.3. The van der Waals surface area contributed by atoms with E-state index in [2.05, 4.69) is 23.1 Å². The third kappa shape index (κ3) is 2.54. The molecule has 5 heteroatoms. The number of thioether (sulfide) groups is 1. The molecule has 0 saturated carbocycles. The normalized spacial score (nSPS) is 10.3. The van der Waals surface area contributed by atoms with Crippen molar-refractivity contribution in [3.8, 4) is 11.9 Å². The van der Waals surface area contributed by atoms with Crippen LogP contribution in [0.2, 0.25) is 0 Å². The van der Waals surface area contributed by atoms with Crippen LogP contribution in [-0.2, 0) is 6.42 Å². The lowest BCUT2D eigenvalue weighted by Crippen LogP contribution is -1.99. The van der Waals surface area contributed by atoms with E-state index in [0.29, 0.717) is 5.56 Å². The number of pyridine rings is 1. The van der Waals surface area contributed by atoms with Gasteiger partial charge in [-0.1, -0.05) is 13.3 Å². The van der Waals surface area contributed by atoms with Crippen molar-refractivity contribution in [2.24, 2.45) is 0 Å². The quantitative estimate of drug-likeness (QED) is 0.791. The van der Waals surface area contributed by atoms with Gasteiger partial charge < -0.3 is 0 Å². The van der Waals surface area contributed by atoms with Crippen LogP contribution >= 0.6 is 11.8 Å². The van der Waals surface area contributed by atoms with Crippen molar-refractivity contribution in [1.29, 1.82) is 5.26 Å². The Morgan fingerprint density at radius 2 is 2.28 bits per heavy atom. The molecule has 0 N–H and O–H groups in total. The zero-order valence-corrected chi connectivity index (χ0v) is 11.2. The van der Waals surface area contributed by atoms with Crippen molar-refractivity contribution >= 4 is 11.8 Å². The molecular formula is C13H14N4S. The van der Waals surface area contributed by atoms with Crippen molar-refractivity contribution in [1.82, 2.24) is 14.8 Å². The zero-order chi connectivity index (χ0) is 13.0. The molecule has 0 aliphatic carbocycles. The summed E-state index contributed by atoms with van der Waals surface area (Å²) in [4.78, 5) is 5.19. The van der Waals surface area contributed by atoms with Gasteiger partial charge in [-0.3, -0.25) is 0 Å². The predicted octanol–water partition coefficient (Wildman–Crippen LogP) is 2.81. The van der Waals surface area contributed by atoms with Crippen molar-refractivity contribution in [3.05, 3.63) is 35.8 Å². The highest BCUT2D eigenvalue weighted by Crippen LogP contribution is 2.21. The van der Waals surface area contributed by atoms with E-state index >= 15 is 0 Å². The minimum atomic E-state index is 0.604. The van der Waals surface area contributed by atoms with Crippen molar-refractivity contribution in [2.75, 3.05) is 6.26 Å². The van der Waals surface area contributed by atoms with Crippen LogP contribution in [-0.4, -0.2) is 21.0 Å². The molecule has 4 nitrogen and oxygen atoms in total. The Labute approximate surface area is 111 Å². The van der Waals surface area contributed by atoms with Gasteiger partial charge in [-0.15, -0.1) is 11.8 Å². The number of aromatic nitrogens is 3. The van der Waals surface area contributed by atoms with Crippen molar-refractivity contribution in [3.63, 3.8) is 0 Å². The lowest BCUT2D eigenvalue weighted by Gasteiger charge is -2.04. The second kappa shape index (κ2) is 5.69. The Balaban J connectivity index is 2.35. The summed E-state index contributed by atoms with van der Waals surface area (Å²) in [5.41, 5.74) is 1.81. The fraction of sp³-hybridized carbons (Fsp3) is 0.308. The summed E-state index contributed by atoms with van der Waals surface area (Å²) >= 11 is 1.54. The Morgan fingerprint density at radius 1 is 1.44 bits per heavy atom. The van der Waals surface area contributed by atoms with Crippen LogP contribution in [0.25, 0.3) is 5.82 Å². The maximum absolute atomic E-state index is 8.96. The van der Waals surface area contributed by atoms with Crippen LogP contribution in [0.4, 0.5) is 0 Å². The molecular weight excluding hydrogens is 244 g/mol. The van der Waals surface area contributed by atoms with Crippen LogP contribution in [0.3, 0.4) is 0 Å². The highest BCUT2D eigenvalue weighted by Gasteiger charge is 2.06. The molecule has 0 aromatic carbocycles. The van der Waals surface area contributed by atoms with Crippen LogP contribution in [0.5, 0.6) is 0 Å². The topological polar surface area (TPSA) is 54.5 Å². The van der Waals surface area contributed by atoms with E-state index in [1.54, 1.807) is 22.6 Å². The molecule has 92 valence electrons. The molecule has 0 radical (unpaired) electrons. The highest BCUT2D eigenvalue weighted by molar-refractivity contribution is 7.98. The van der Waals surface area contributed by atoms with Gasteiger partial charge >= 0.3 is 0 Å². The molecule has 0 unspecified atom stereocenters. The number of aryl methyl sites for hydroxylation is 1. The van der Waals surface area contributed by atoms with E-state index < -0.39 is 0 Å². The van der Waals surface area contributed by atoms with Crippen LogP contribution < -0.4 is 0 Å². The van der Waals surface area contributed by atoms with E-state index in [9.17, 15) is 0 Å². The van der Waals surface area contributed by atoms with E-state index in [4.69, 9.17) is 5.26 Å².